The average molecular weight is 280 g/mol. The summed E-state index contributed by atoms with van der Waals surface area (Å²) in [5, 5.41) is 16.2. The van der Waals surface area contributed by atoms with Crippen LogP contribution in [-0.4, -0.2) is 42.3 Å². The van der Waals surface area contributed by atoms with Gasteiger partial charge in [0, 0.05) is 20.1 Å². The lowest BCUT2D eigenvalue weighted by molar-refractivity contribution is -0.140. The van der Waals surface area contributed by atoms with Gasteiger partial charge in [0.2, 0.25) is 0 Å². The molecule has 0 atom stereocenters. The monoisotopic (exact) mass is 280 g/mol. The summed E-state index contributed by atoms with van der Waals surface area (Å²) in [6, 6.07) is 0. The van der Waals surface area contributed by atoms with E-state index in [9.17, 15) is 4.79 Å². The highest BCUT2D eigenvalue weighted by molar-refractivity contribution is 5.65. The van der Waals surface area contributed by atoms with Crippen LogP contribution in [0.3, 0.4) is 0 Å². The van der Waals surface area contributed by atoms with Crippen molar-refractivity contribution in [3.05, 3.63) is 0 Å². The maximum atomic E-state index is 9.82. The molecule has 118 valence electrons. The van der Waals surface area contributed by atoms with Crippen LogP contribution in [-0.2, 0) is 14.3 Å². The standard InChI is InChI=1S/C6H14O.C4H8O2.C4H10O2/c1-3-5-7-6-4-2;1-3-6-4(2)5;1-2-3-4(5)6/h3-6H2,1-2H3;3H2,1-2H3;4-6H,2-3H2,1H3. The highest BCUT2D eigenvalue weighted by Crippen LogP contribution is 1.88. The van der Waals surface area contributed by atoms with Crippen LogP contribution < -0.4 is 0 Å². The van der Waals surface area contributed by atoms with Crippen LogP contribution in [0.15, 0.2) is 0 Å². The molecule has 19 heavy (non-hydrogen) atoms. The average Bonchev–Trinajstić information content (AvgIpc) is 2.31. The highest BCUT2D eigenvalue weighted by Gasteiger charge is 1.89. The fraction of sp³-hybridized carbons (Fsp3) is 0.929. The molecule has 0 radical (unpaired) electrons. The summed E-state index contributed by atoms with van der Waals surface area (Å²) in [5.41, 5.74) is 0. The molecule has 5 heteroatoms. The number of aliphatic hydroxyl groups excluding tert-OH is 1. The van der Waals surface area contributed by atoms with Crippen molar-refractivity contribution in [2.75, 3.05) is 19.8 Å². The molecule has 0 bridgehead atoms. The molecule has 0 saturated heterocycles. The van der Waals surface area contributed by atoms with E-state index in [1.165, 1.54) is 6.92 Å². The topological polar surface area (TPSA) is 76.0 Å². The molecule has 0 aliphatic heterocycles. The molecule has 0 spiro atoms. The predicted molar refractivity (Wildman–Crippen MR) is 76.8 cm³/mol. The number of rotatable bonds is 7. The maximum absolute atomic E-state index is 9.82. The molecule has 0 aliphatic carbocycles. The van der Waals surface area contributed by atoms with Crippen molar-refractivity contribution in [3.8, 4) is 0 Å². The third kappa shape index (κ3) is 46.8. The van der Waals surface area contributed by atoms with Crippen molar-refractivity contribution in [1.82, 2.24) is 0 Å². The number of carbonyl (C=O) groups excluding carboxylic acids is 1. The molecule has 0 unspecified atom stereocenters. The van der Waals surface area contributed by atoms with Crippen molar-refractivity contribution < 1.29 is 24.5 Å². The molecule has 0 rings (SSSR count). The first-order valence-electron chi connectivity index (χ1n) is 7.03. The first-order valence-corrected chi connectivity index (χ1v) is 7.03. The van der Waals surface area contributed by atoms with Gasteiger partial charge in [0.25, 0.3) is 0 Å². The molecule has 2 N–H and O–H groups in total. The van der Waals surface area contributed by atoms with Gasteiger partial charge >= 0.3 is 5.97 Å². The van der Waals surface area contributed by atoms with Gasteiger partial charge in [-0.3, -0.25) is 4.79 Å². The molecule has 0 aromatic rings. The third-order valence-electron chi connectivity index (χ3n) is 1.59. The molecule has 0 heterocycles. The van der Waals surface area contributed by atoms with E-state index >= 15 is 0 Å². The summed E-state index contributed by atoms with van der Waals surface area (Å²) < 4.78 is 9.53. The Morgan fingerprint density at radius 1 is 1.00 bits per heavy atom. The van der Waals surface area contributed by atoms with Gasteiger partial charge in [-0.15, -0.1) is 0 Å². The van der Waals surface area contributed by atoms with Gasteiger partial charge in [0.05, 0.1) is 6.61 Å². The Hall–Kier alpha value is -0.650. The lowest BCUT2D eigenvalue weighted by Crippen LogP contribution is -2.01. The molecule has 0 saturated carbocycles. The summed E-state index contributed by atoms with van der Waals surface area (Å²) in [7, 11) is 0. The van der Waals surface area contributed by atoms with Crippen LogP contribution in [0, 0.1) is 0 Å². The zero-order valence-corrected chi connectivity index (χ0v) is 13.1. The van der Waals surface area contributed by atoms with Crippen molar-refractivity contribution in [3.63, 3.8) is 0 Å². The van der Waals surface area contributed by atoms with E-state index in [2.05, 4.69) is 18.6 Å². The molecule has 0 amide bonds. The number of hydrogen-bond donors (Lipinski definition) is 2. The van der Waals surface area contributed by atoms with Gasteiger partial charge in [0.15, 0.2) is 6.29 Å². The Kier molecular flexibility index (Phi) is 27.8. The largest absolute Gasteiger partial charge is 0.466 e. The third-order valence-corrected chi connectivity index (χ3v) is 1.59. The molecule has 0 fully saturated rings. The van der Waals surface area contributed by atoms with Gasteiger partial charge in [0.1, 0.15) is 0 Å². The molecule has 5 nitrogen and oxygen atoms in total. The molecule has 0 aliphatic rings. The number of carbonyl (C=O) groups is 1. The number of aliphatic hydroxyl groups is 2. The van der Waals surface area contributed by atoms with Gasteiger partial charge < -0.3 is 19.7 Å². The first-order chi connectivity index (χ1) is 8.95. The molecule has 0 aromatic heterocycles. The minimum absolute atomic E-state index is 0.211. The normalized spacial score (nSPS) is 9.05. The second kappa shape index (κ2) is 22.5. The van der Waals surface area contributed by atoms with E-state index < -0.39 is 6.29 Å². The summed E-state index contributed by atoms with van der Waals surface area (Å²) in [5.74, 6) is -0.211. The maximum Gasteiger partial charge on any atom is 0.302 e. The van der Waals surface area contributed by atoms with Gasteiger partial charge in [-0.05, 0) is 26.2 Å². The van der Waals surface area contributed by atoms with Crippen LogP contribution in [0.1, 0.15) is 60.3 Å². The smallest absolute Gasteiger partial charge is 0.302 e. The van der Waals surface area contributed by atoms with Crippen molar-refractivity contribution in [2.24, 2.45) is 0 Å². The minimum Gasteiger partial charge on any atom is -0.466 e. The number of esters is 1. The van der Waals surface area contributed by atoms with E-state index in [1.807, 2.05) is 6.92 Å². The van der Waals surface area contributed by atoms with Crippen LogP contribution in [0.25, 0.3) is 0 Å². The highest BCUT2D eigenvalue weighted by atomic mass is 16.5. The van der Waals surface area contributed by atoms with Crippen molar-refractivity contribution >= 4 is 5.97 Å². The summed E-state index contributed by atoms with van der Waals surface area (Å²) >= 11 is 0. The Labute approximate surface area is 117 Å². The van der Waals surface area contributed by atoms with E-state index in [0.29, 0.717) is 13.0 Å². The quantitative estimate of drug-likeness (QED) is 0.426. The fourth-order valence-electron chi connectivity index (χ4n) is 0.852. The molecule has 0 aromatic carbocycles. The number of hydrogen-bond acceptors (Lipinski definition) is 5. The fourth-order valence-corrected chi connectivity index (χ4v) is 0.852. The summed E-state index contributed by atoms with van der Waals surface area (Å²) in [4.78, 5) is 9.82. The second-order valence-corrected chi connectivity index (χ2v) is 3.81. The van der Waals surface area contributed by atoms with Crippen LogP contribution in [0.4, 0.5) is 0 Å². The van der Waals surface area contributed by atoms with Crippen LogP contribution >= 0.6 is 0 Å². The van der Waals surface area contributed by atoms with Gasteiger partial charge in [-0.1, -0.05) is 27.2 Å². The zero-order valence-electron chi connectivity index (χ0n) is 13.1. The Morgan fingerprint density at radius 2 is 1.47 bits per heavy atom. The Morgan fingerprint density at radius 3 is 1.58 bits per heavy atom. The van der Waals surface area contributed by atoms with Gasteiger partial charge in [-0.25, -0.2) is 0 Å². The van der Waals surface area contributed by atoms with E-state index in [4.69, 9.17) is 14.9 Å². The molecular weight excluding hydrogens is 248 g/mol. The van der Waals surface area contributed by atoms with Gasteiger partial charge in [-0.2, -0.15) is 0 Å². The van der Waals surface area contributed by atoms with Crippen molar-refractivity contribution in [2.45, 2.75) is 66.6 Å². The Bertz CT molecular complexity index is 156. The second-order valence-electron chi connectivity index (χ2n) is 3.81. The SMILES string of the molecule is CCCC(O)O.CCCOCCC.CCOC(C)=O. The Balaban J connectivity index is -0.000000203. The van der Waals surface area contributed by atoms with Crippen molar-refractivity contribution in [1.29, 1.82) is 0 Å². The first kappa shape index (κ1) is 23.4. The summed E-state index contributed by atoms with van der Waals surface area (Å²) in [6.07, 6.45) is 2.49. The zero-order chi connectivity index (χ0) is 15.5. The van der Waals surface area contributed by atoms with Crippen LogP contribution in [0.5, 0.6) is 0 Å². The van der Waals surface area contributed by atoms with E-state index in [-0.39, 0.29) is 5.97 Å². The molecular formula is C14H32O5. The van der Waals surface area contributed by atoms with E-state index in [1.54, 1.807) is 6.92 Å². The number of ether oxygens (including phenoxy) is 2. The minimum atomic E-state index is -1.10. The van der Waals surface area contributed by atoms with E-state index in [0.717, 1.165) is 32.5 Å². The van der Waals surface area contributed by atoms with Crippen LogP contribution in [0.2, 0.25) is 0 Å². The lowest BCUT2D eigenvalue weighted by atomic mass is 10.3. The predicted octanol–water partition coefficient (Wildman–Crippen LogP) is 2.49. The lowest BCUT2D eigenvalue weighted by Gasteiger charge is -1.95. The summed E-state index contributed by atoms with van der Waals surface area (Å²) in [6.45, 7) is 11.6.